The van der Waals surface area contributed by atoms with Crippen LogP contribution in [-0.2, 0) is 4.74 Å². The van der Waals surface area contributed by atoms with Crippen LogP contribution in [0.15, 0.2) is 24.3 Å². The lowest BCUT2D eigenvalue weighted by atomic mass is 10.1. The lowest BCUT2D eigenvalue weighted by Crippen LogP contribution is -2.02. The highest BCUT2D eigenvalue weighted by Gasteiger charge is 2.06. The Morgan fingerprint density at radius 3 is 2.88 bits per heavy atom. The van der Waals surface area contributed by atoms with Gasteiger partial charge in [-0.2, -0.15) is 12.6 Å². The SMILES string of the molecule is COC(=O)c1cc(N)cc(C=CCCS)c1. The molecule has 0 aliphatic carbocycles. The van der Waals surface area contributed by atoms with E-state index in [1.54, 1.807) is 12.1 Å². The summed E-state index contributed by atoms with van der Waals surface area (Å²) in [4.78, 5) is 11.3. The maximum atomic E-state index is 11.3. The van der Waals surface area contributed by atoms with Gasteiger partial charge in [0.15, 0.2) is 0 Å². The molecule has 0 bridgehead atoms. The molecule has 0 amide bonds. The Kier molecular flexibility index (Phi) is 4.92. The number of nitrogens with two attached hydrogens (primary N) is 1. The first kappa shape index (κ1) is 12.6. The number of anilines is 1. The first-order valence-corrected chi connectivity index (χ1v) is 5.57. The van der Waals surface area contributed by atoms with Crippen molar-refractivity contribution < 1.29 is 9.53 Å². The van der Waals surface area contributed by atoms with Gasteiger partial charge in [-0.1, -0.05) is 12.2 Å². The number of allylic oxidation sites excluding steroid dienone is 1. The molecule has 16 heavy (non-hydrogen) atoms. The average molecular weight is 237 g/mol. The minimum Gasteiger partial charge on any atom is -0.465 e. The number of carbonyl (C=O) groups excluding carboxylic acids is 1. The fourth-order valence-corrected chi connectivity index (χ4v) is 1.45. The van der Waals surface area contributed by atoms with Gasteiger partial charge in [0.2, 0.25) is 0 Å². The summed E-state index contributed by atoms with van der Waals surface area (Å²) in [6, 6.07) is 5.15. The van der Waals surface area contributed by atoms with Crippen LogP contribution < -0.4 is 5.73 Å². The average Bonchev–Trinajstić information content (AvgIpc) is 2.27. The van der Waals surface area contributed by atoms with Crippen molar-refractivity contribution in [1.29, 1.82) is 0 Å². The Hall–Kier alpha value is -1.42. The van der Waals surface area contributed by atoms with Crippen molar-refractivity contribution in [2.45, 2.75) is 6.42 Å². The van der Waals surface area contributed by atoms with Crippen LogP contribution >= 0.6 is 12.6 Å². The molecule has 0 unspecified atom stereocenters. The number of benzene rings is 1. The quantitative estimate of drug-likeness (QED) is 0.480. The fourth-order valence-electron chi connectivity index (χ4n) is 1.30. The van der Waals surface area contributed by atoms with Gasteiger partial charge >= 0.3 is 5.97 Å². The molecule has 4 heteroatoms. The summed E-state index contributed by atoms with van der Waals surface area (Å²) in [5.74, 6) is 0.416. The van der Waals surface area contributed by atoms with Gasteiger partial charge in [0.25, 0.3) is 0 Å². The van der Waals surface area contributed by atoms with E-state index in [0.717, 1.165) is 17.7 Å². The Balaban J connectivity index is 2.94. The normalized spacial score (nSPS) is 10.6. The third-order valence-electron chi connectivity index (χ3n) is 2.00. The molecule has 2 N–H and O–H groups in total. The van der Waals surface area contributed by atoms with Crippen LogP contribution in [0, 0.1) is 0 Å². The highest BCUT2D eigenvalue weighted by atomic mass is 32.1. The molecular weight excluding hydrogens is 222 g/mol. The van der Waals surface area contributed by atoms with Gasteiger partial charge in [-0.3, -0.25) is 0 Å². The largest absolute Gasteiger partial charge is 0.465 e. The predicted molar refractivity (Wildman–Crippen MR) is 69.7 cm³/mol. The third-order valence-corrected chi connectivity index (χ3v) is 2.26. The van der Waals surface area contributed by atoms with E-state index in [0.29, 0.717) is 11.3 Å². The van der Waals surface area contributed by atoms with E-state index in [-0.39, 0.29) is 5.97 Å². The molecule has 0 saturated carbocycles. The van der Waals surface area contributed by atoms with Crippen molar-refractivity contribution >= 4 is 30.4 Å². The number of esters is 1. The minimum absolute atomic E-state index is 0.379. The van der Waals surface area contributed by atoms with Crippen LogP contribution in [0.5, 0.6) is 0 Å². The lowest BCUT2D eigenvalue weighted by molar-refractivity contribution is 0.0601. The number of carbonyl (C=O) groups is 1. The zero-order valence-corrected chi connectivity index (χ0v) is 10.0. The number of hydrogen-bond donors (Lipinski definition) is 2. The van der Waals surface area contributed by atoms with Gasteiger partial charge in [0, 0.05) is 5.69 Å². The maximum absolute atomic E-state index is 11.3. The molecule has 1 aromatic rings. The summed E-state index contributed by atoms with van der Waals surface area (Å²) in [5, 5.41) is 0. The van der Waals surface area contributed by atoms with Crippen molar-refractivity contribution in [3.63, 3.8) is 0 Å². The second-order valence-electron chi connectivity index (χ2n) is 3.29. The molecule has 0 atom stereocenters. The van der Waals surface area contributed by atoms with E-state index in [2.05, 4.69) is 17.4 Å². The summed E-state index contributed by atoms with van der Waals surface area (Å²) in [6.07, 6.45) is 4.79. The molecule has 0 spiro atoms. The van der Waals surface area contributed by atoms with Gasteiger partial charge in [0.1, 0.15) is 0 Å². The molecule has 0 aromatic heterocycles. The van der Waals surface area contributed by atoms with Gasteiger partial charge in [-0.05, 0) is 35.9 Å². The first-order valence-electron chi connectivity index (χ1n) is 4.93. The van der Waals surface area contributed by atoms with E-state index in [1.165, 1.54) is 7.11 Å². The van der Waals surface area contributed by atoms with E-state index >= 15 is 0 Å². The Morgan fingerprint density at radius 1 is 1.50 bits per heavy atom. The minimum atomic E-state index is -0.379. The molecule has 0 fully saturated rings. The Bertz CT molecular complexity index is 402. The van der Waals surface area contributed by atoms with Crippen molar-refractivity contribution in [1.82, 2.24) is 0 Å². The smallest absolute Gasteiger partial charge is 0.337 e. The summed E-state index contributed by atoms with van der Waals surface area (Å²) in [7, 11) is 1.35. The van der Waals surface area contributed by atoms with Crippen molar-refractivity contribution in [3.8, 4) is 0 Å². The topological polar surface area (TPSA) is 52.3 Å². The Labute approximate surface area is 101 Å². The second kappa shape index (κ2) is 6.23. The zero-order chi connectivity index (χ0) is 12.0. The molecule has 0 saturated heterocycles. The van der Waals surface area contributed by atoms with Crippen LogP contribution in [-0.4, -0.2) is 18.8 Å². The van der Waals surface area contributed by atoms with Crippen LogP contribution in [0.4, 0.5) is 5.69 Å². The van der Waals surface area contributed by atoms with Crippen LogP contribution in [0.1, 0.15) is 22.3 Å². The number of thiol groups is 1. The molecular formula is C12H15NO2S. The number of rotatable bonds is 4. The maximum Gasteiger partial charge on any atom is 0.337 e. The number of hydrogen-bond acceptors (Lipinski definition) is 4. The van der Waals surface area contributed by atoms with E-state index in [9.17, 15) is 4.79 Å². The summed E-state index contributed by atoms with van der Waals surface area (Å²) in [5.41, 5.74) is 7.61. The highest BCUT2D eigenvalue weighted by molar-refractivity contribution is 7.80. The standard InChI is InChI=1S/C12H15NO2S/c1-15-12(14)10-6-9(4-2-3-5-16)7-11(13)8-10/h2,4,6-8,16H,3,5,13H2,1H3. The zero-order valence-electron chi connectivity index (χ0n) is 9.14. The van der Waals surface area contributed by atoms with E-state index < -0.39 is 0 Å². The first-order chi connectivity index (χ1) is 7.67. The van der Waals surface area contributed by atoms with Gasteiger partial charge < -0.3 is 10.5 Å². The molecule has 0 aliphatic heterocycles. The molecule has 0 heterocycles. The van der Waals surface area contributed by atoms with E-state index in [4.69, 9.17) is 5.73 Å². The number of nitrogen functional groups attached to an aromatic ring is 1. The van der Waals surface area contributed by atoms with Crippen molar-refractivity contribution in [2.24, 2.45) is 0 Å². The summed E-state index contributed by atoms with van der Waals surface area (Å²) in [6.45, 7) is 0. The van der Waals surface area contributed by atoms with Gasteiger partial charge in [-0.25, -0.2) is 4.79 Å². The number of ether oxygens (including phenoxy) is 1. The molecule has 86 valence electrons. The van der Waals surface area contributed by atoms with Crippen molar-refractivity contribution in [2.75, 3.05) is 18.6 Å². The molecule has 3 nitrogen and oxygen atoms in total. The van der Waals surface area contributed by atoms with E-state index in [1.807, 2.05) is 18.2 Å². The molecule has 0 aliphatic rings. The second-order valence-corrected chi connectivity index (χ2v) is 3.74. The summed E-state index contributed by atoms with van der Waals surface area (Å²) >= 11 is 4.11. The van der Waals surface area contributed by atoms with Gasteiger partial charge in [-0.15, -0.1) is 0 Å². The molecule has 1 rings (SSSR count). The van der Waals surface area contributed by atoms with Crippen molar-refractivity contribution in [3.05, 3.63) is 35.4 Å². The van der Waals surface area contributed by atoms with Crippen LogP contribution in [0.3, 0.4) is 0 Å². The summed E-state index contributed by atoms with van der Waals surface area (Å²) < 4.78 is 4.64. The molecule has 1 aromatic carbocycles. The molecule has 0 radical (unpaired) electrons. The highest BCUT2D eigenvalue weighted by Crippen LogP contribution is 2.14. The fraction of sp³-hybridized carbons (Fsp3) is 0.250. The Morgan fingerprint density at radius 2 is 2.25 bits per heavy atom. The monoisotopic (exact) mass is 237 g/mol. The van der Waals surface area contributed by atoms with Crippen LogP contribution in [0.25, 0.3) is 6.08 Å². The predicted octanol–water partition coefficient (Wildman–Crippen LogP) is 2.39. The lowest BCUT2D eigenvalue weighted by Gasteiger charge is -2.03. The number of methoxy groups -OCH3 is 1. The van der Waals surface area contributed by atoms with Crippen LogP contribution in [0.2, 0.25) is 0 Å². The third kappa shape index (κ3) is 3.62. The van der Waals surface area contributed by atoms with Gasteiger partial charge in [0.05, 0.1) is 12.7 Å².